The van der Waals surface area contributed by atoms with Crippen molar-refractivity contribution in [3.8, 4) is 0 Å². The Morgan fingerprint density at radius 2 is 1.78 bits per heavy atom. The van der Waals surface area contributed by atoms with Gasteiger partial charge in [0.05, 0.1) is 0 Å². The van der Waals surface area contributed by atoms with Crippen LogP contribution in [0.5, 0.6) is 0 Å². The number of aliphatic hydroxyl groups is 1. The van der Waals surface area contributed by atoms with Gasteiger partial charge in [-0.05, 0) is 19.3 Å². The Hall–Kier alpha value is -0.700. The molecule has 0 spiro atoms. The number of carbonyl (C=O) groups is 1. The number of carboxylic acids is 1. The van der Waals surface area contributed by atoms with Gasteiger partial charge in [0, 0.05) is 19.6 Å². The average Bonchev–Trinajstić information content (AvgIpc) is 2.28. The van der Waals surface area contributed by atoms with Crippen LogP contribution in [0.1, 0.15) is 33.1 Å². The second-order valence-electron chi connectivity index (χ2n) is 3.94. The van der Waals surface area contributed by atoms with E-state index in [2.05, 4.69) is 4.72 Å². The lowest BCUT2D eigenvalue weighted by Gasteiger charge is -2.21. The zero-order valence-corrected chi connectivity index (χ0v) is 11.6. The molecule has 1 atom stereocenters. The number of hydrogen-bond donors (Lipinski definition) is 3. The van der Waals surface area contributed by atoms with E-state index in [1.165, 1.54) is 4.31 Å². The monoisotopic (exact) mass is 282 g/mol. The van der Waals surface area contributed by atoms with Gasteiger partial charge in [0.2, 0.25) is 0 Å². The maximum Gasteiger partial charge on any atom is 0.332 e. The van der Waals surface area contributed by atoms with E-state index in [0.29, 0.717) is 25.9 Å². The molecule has 0 bridgehead atoms. The highest BCUT2D eigenvalue weighted by Crippen LogP contribution is 2.02. The summed E-state index contributed by atoms with van der Waals surface area (Å²) in [5.41, 5.74) is 0. The fourth-order valence-electron chi connectivity index (χ4n) is 1.39. The van der Waals surface area contributed by atoms with Crippen molar-refractivity contribution in [2.75, 3.05) is 19.6 Å². The van der Waals surface area contributed by atoms with Gasteiger partial charge in [-0.25, -0.2) is 9.52 Å². The normalized spacial score (nSPS) is 13.8. The van der Waals surface area contributed by atoms with Gasteiger partial charge in [-0.3, -0.25) is 0 Å². The van der Waals surface area contributed by atoms with Crippen LogP contribution in [-0.2, 0) is 15.0 Å². The van der Waals surface area contributed by atoms with Crippen molar-refractivity contribution in [1.82, 2.24) is 9.03 Å². The van der Waals surface area contributed by atoms with Crippen molar-refractivity contribution >= 4 is 16.2 Å². The maximum absolute atomic E-state index is 11.8. The standard InChI is InChI=1S/C10H22N2O5S/c1-3-7-12(8-4-2)18(16,17)11-6-5-9(13)10(14)15/h9,11,13H,3-8H2,1-2H3,(H,14,15)/t9-/m0/s1. The number of rotatable bonds is 10. The van der Waals surface area contributed by atoms with Crippen LogP contribution in [0.4, 0.5) is 0 Å². The zero-order valence-electron chi connectivity index (χ0n) is 10.8. The summed E-state index contributed by atoms with van der Waals surface area (Å²) >= 11 is 0. The molecule has 108 valence electrons. The van der Waals surface area contributed by atoms with Crippen LogP contribution < -0.4 is 4.72 Å². The molecule has 0 unspecified atom stereocenters. The lowest BCUT2D eigenvalue weighted by molar-refractivity contribution is -0.146. The summed E-state index contributed by atoms with van der Waals surface area (Å²) in [6, 6.07) is 0. The number of aliphatic carboxylic acids is 1. The van der Waals surface area contributed by atoms with Gasteiger partial charge in [-0.2, -0.15) is 12.7 Å². The minimum Gasteiger partial charge on any atom is -0.479 e. The molecule has 0 heterocycles. The third-order valence-corrected chi connectivity index (χ3v) is 3.89. The van der Waals surface area contributed by atoms with Gasteiger partial charge in [-0.1, -0.05) is 13.8 Å². The van der Waals surface area contributed by atoms with Crippen molar-refractivity contribution in [2.24, 2.45) is 0 Å². The Morgan fingerprint density at radius 3 is 2.17 bits per heavy atom. The highest BCUT2D eigenvalue weighted by Gasteiger charge is 2.21. The Morgan fingerprint density at radius 1 is 1.28 bits per heavy atom. The molecule has 0 radical (unpaired) electrons. The van der Waals surface area contributed by atoms with Gasteiger partial charge >= 0.3 is 5.97 Å². The number of nitrogens with one attached hydrogen (secondary N) is 1. The van der Waals surface area contributed by atoms with E-state index in [4.69, 9.17) is 10.2 Å². The second kappa shape index (κ2) is 8.41. The van der Waals surface area contributed by atoms with Crippen LogP contribution in [0.15, 0.2) is 0 Å². The van der Waals surface area contributed by atoms with Gasteiger partial charge < -0.3 is 10.2 Å². The number of aliphatic hydroxyl groups excluding tert-OH is 1. The molecule has 0 aromatic rings. The molecule has 0 aliphatic rings. The van der Waals surface area contributed by atoms with Crippen molar-refractivity contribution in [3.05, 3.63) is 0 Å². The van der Waals surface area contributed by atoms with Crippen molar-refractivity contribution in [1.29, 1.82) is 0 Å². The van der Waals surface area contributed by atoms with E-state index < -0.39 is 22.3 Å². The first kappa shape index (κ1) is 17.3. The predicted octanol–water partition coefficient (Wildman–Crippen LogP) is -0.222. The fraction of sp³-hybridized carbons (Fsp3) is 0.900. The first-order valence-corrected chi connectivity index (χ1v) is 7.44. The first-order chi connectivity index (χ1) is 8.35. The third-order valence-electron chi connectivity index (χ3n) is 2.27. The largest absolute Gasteiger partial charge is 0.479 e. The van der Waals surface area contributed by atoms with Crippen LogP contribution in [0.3, 0.4) is 0 Å². The lowest BCUT2D eigenvalue weighted by Crippen LogP contribution is -2.42. The van der Waals surface area contributed by atoms with E-state index in [0.717, 1.165) is 0 Å². The SMILES string of the molecule is CCCN(CCC)S(=O)(=O)NCC[C@H](O)C(=O)O. The molecule has 0 aliphatic heterocycles. The molecule has 0 aliphatic carbocycles. The average molecular weight is 282 g/mol. The van der Waals surface area contributed by atoms with Crippen LogP contribution in [0.25, 0.3) is 0 Å². The van der Waals surface area contributed by atoms with Gasteiger partial charge in [0.15, 0.2) is 6.10 Å². The summed E-state index contributed by atoms with van der Waals surface area (Å²) in [6.45, 7) is 4.51. The molecule has 0 aromatic carbocycles. The molecule has 0 saturated carbocycles. The predicted molar refractivity (Wildman–Crippen MR) is 67.3 cm³/mol. The van der Waals surface area contributed by atoms with Crippen molar-refractivity contribution in [2.45, 2.75) is 39.2 Å². The number of hydrogen-bond acceptors (Lipinski definition) is 4. The molecule has 0 amide bonds. The molecule has 0 fully saturated rings. The van der Waals surface area contributed by atoms with Crippen LogP contribution >= 0.6 is 0 Å². The van der Waals surface area contributed by atoms with Gasteiger partial charge in [0.25, 0.3) is 10.2 Å². The Balaban J connectivity index is 4.31. The summed E-state index contributed by atoms with van der Waals surface area (Å²) in [6.07, 6.45) is -0.281. The zero-order chi connectivity index (χ0) is 14.2. The highest BCUT2D eigenvalue weighted by atomic mass is 32.2. The molecule has 0 saturated heterocycles. The summed E-state index contributed by atoms with van der Waals surface area (Å²) in [7, 11) is -3.59. The van der Waals surface area contributed by atoms with Crippen LogP contribution in [0, 0.1) is 0 Å². The minimum atomic E-state index is -3.59. The Labute approximate surface area is 108 Å². The van der Waals surface area contributed by atoms with Crippen LogP contribution in [-0.4, -0.2) is 54.6 Å². The molecule has 7 nitrogen and oxygen atoms in total. The summed E-state index contributed by atoms with van der Waals surface area (Å²) in [5.74, 6) is -1.35. The molecule has 0 rings (SSSR count). The molecule has 0 aromatic heterocycles. The van der Waals surface area contributed by atoms with E-state index in [1.807, 2.05) is 13.8 Å². The Kier molecular flexibility index (Phi) is 8.08. The topological polar surface area (TPSA) is 107 Å². The fourth-order valence-corrected chi connectivity index (χ4v) is 2.79. The van der Waals surface area contributed by atoms with Gasteiger partial charge in [0.1, 0.15) is 0 Å². The highest BCUT2D eigenvalue weighted by molar-refractivity contribution is 7.87. The van der Waals surface area contributed by atoms with Crippen molar-refractivity contribution < 1.29 is 23.4 Å². The maximum atomic E-state index is 11.8. The van der Waals surface area contributed by atoms with E-state index in [1.54, 1.807) is 0 Å². The summed E-state index contributed by atoms with van der Waals surface area (Å²) in [4.78, 5) is 10.4. The quantitative estimate of drug-likeness (QED) is 0.513. The number of carboxylic acid groups (broad SMARTS) is 1. The smallest absolute Gasteiger partial charge is 0.332 e. The van der Waals surface area contributed by atoms with E-state index >= 15 is 0 Å². The molecular formula is C10H22N2O5S. The third kappa shape index (κ3) is 6.29. The molecule has 8 heteroatoms. The van der Waals surface area contributed by atoms with Crippen molar-refractivity contribution in [3.63, 3.8) is 0 Å². The summed E-state index contributed by atoms with van der Waals surface area (Å²) in [5, 5.41) is 17.5. The minimum absolute atomic E-state index is 0.0975. The molecule has 18 heavy (non-hydrogen) atoms. The summed E-state index contributed by atoms with van der Waals surface area (Å²) < 4.78 is 27.3. The first-order valence-electron chi connectivity index (χ1n) is 6.00. The van der Waals surface area contributed by atoms with E-state index in [9.17, 15) is 13.2 Å². The van der Waals surface area contributed by atoms with E-state index in [-0.39, 0.29) is 13.0 Å². The molecular weight excluding hydrogens is 260 g/mol. The Bertz CT molecular complexity index is 338. The number of nitrogens with zero attached hydrogens (tertiary/aromatic N) is 1. The lowest BCUT2D eigenvalue weighted by atomic mass is 10.3. The molecule has 3 N–H and O–H groups in total. The van der Waals surface area contributed by atoms with Crippen LogP contribution in [0.2, 0.25) is 0 Å². The second-order valence-corrected chi connectivity index (χ2v) is 5.70. The van der Waals surface area contributed by atoms with Gasteiger partial charge in [-0.15, -0.1) is 0 Å².